The lowest BCUT2D eigenvalue weighted by Crippen LogP contribution is -2.39. The second kappa shape index (κ2) is 11.6. The molecule has 0 amide bonds. The van der Waals surface area contributed by atoms with Crippen molar-refractivity contribution in [3.63, 3.8) is 0 Å². The van der Waals surface area contributed by atoms with Crippen LogP contribution in [0.15, 0.2) is 80.1 Å². The maximum Gasteiger partial charge on any atom is 0.338 e. The Morgan fingerprint density at radius 3 is 2.55 bits per heavy atom. The fourth-order valence-electron chi connectivity index (χ4n) is 4.85. The van der Waals surface area contributed by atoms with Crippen LogP contribution in [0.5, 0.6) is 5.75 Å². The summed E-state index contributed by atoms with van der Waals surface area (Å²) in [4.78, 5) is 42.7. The van der Waals surface area contributed by atoms with Crippen LogP contribution in [0.4, 0.5) is 5.69 Å². The number of benzene rings is 2. The predicted octanol–water partition coefficient (Wildman–Crippen LogP) is 5.06. The monoisotopic (exact) mass is 587 g/mol. The molecule has 5 rings (SSSR count). The molecule has 1 atom stereocenters. The molecule has 1 aliphatic heterocycles. The highest BCUT2D eigenvalue weighted by molar-refractivity contribution is 7.07. The highest BCUT2D eigenvalue weighted by atomic mass is 32.1. The molecular formula is C31H29N3O7S. The second-order valence-corrected chi connectivity index (χ2v) is 11.0. The van der Waals surface area contributed by atoms with E-state index in [0.29, 0.717) is 54.6 Å². The molecule has 216 valence electrons. The number of esters is 1. The van der Waals surface area contributed by atoms with Gasteiger partial charge in [-0.05, 0) is 76.1 Å². The maximum absolute atomic E-state index is 13.9. The number of hydrogen-bond acceptors (Lipinski definition) is 9. The SMILES string of the molecule is CCOC(=O)C1=C(C)N=c2s/c(=C\c3ccc(-c4ccc([N+](=O)[O-])cc4C)o3)c(=O)n2[C@H]1c1ccc(OC(C)C)cc1. The topological polar surface area (TPSA) is 126 Å². The first-order valence-corrected chi connectivity index (χ1v) is 14.2. The highest BCUT2D eigenvalue weighted by Crippen LogP contribution is 2.32. The molecule has 2 aromatic heterocycles. The average molecular weight is 588 g/mol. The Morgan fingerprint density at radius 1 is 1.17 bits per heavy atom. The second-order valence-electron chi connectivity index (χ2n) is 10.00. The lowest BCUT2D eigenvalue weighted by molar-refractivity contribution is -0.384. The van der Waals surface area contributed by atoms with Crippen LogP contribution < -0.4 is 19.6 Å². The molecule has 0 N–H and O–H groups in total. The number of carbonyl (C=O) groups is 1. The standard InChI is InChI=1S/C31H29N3O7S/c1-6-39-30(36)27-19(5)32-31-33(28(27)20-7-10-22(11-8-20)40-17(2)3)29(35)26(42-31)16-23-12-14-25(41-23)24-13-9-21(34(37)38)15-18(24)4/h7-17,28H,6H2,1-5H3/b26-16-/t28-/m0/s1. The molecule has 42 heavy (non-hydrogen) atoms. The molecule has 2 aromatic carbocycles. The van der Waals surface area contributed by atoms with Crippen LogP contribution in [-0.4, -0.2) is 28.2 Å². The van der Waals surface area contributed by atoms with Crippen molar-refractivity contribution < 1.29 is 23.6 Å². The number of fused-ring (bicyclic) bond motifs is 1. The third-order valence-electron chi connectivity index (χ3n) is 6.67. The average Bonchev–Trinajstić information content (AvgIpc) is 3.52. The summed E-state index contributed by atoms with van der Waals surface area (Å²) in [6.45, 7) is 9.29. The van der Waals surface area contributed by atoms with Crippen molar-refractivity contribution >= 4 is 29.1 Å². The van der Waals surface area contributed by atoms with Gasteiger partial charge in [0.1, 0.15) is 17.3 Å². The molecule has 0 bridgehead atoms. The van der Waals surface area contributed by atoms with Crippen LogP contribution in [0.3, 0.4) is 0 Å². The van der Waals surface area contributed by atoms with Crippen LogP contribution in [0.25, 0.3) is 17.4 Å². The van der Waals surface area contributed by atoms with Gasteiger partial charge in [0, 0.05) is 23.8 Å². The van der Waals surface area contributed by atoms with Crippen molar-refractivity contribution in [2.24, 2.45) is 4.99 Å². The van der Waals surface area contributed by atoms with Crippen LogP contribution in [-0.2, 0) is 9.53 Å². The van der Waals surface area contributed by atoms with Gasteiger partial charge in [-0.15, -0.1) is 0 Å². The van der Waals surface area contributed by atoms with Crippen molar-refractivity contribution in [1.82, 2.24) is 4.57 Å². The molecule has 0 spiro atoms. The smallest absolute Gasteiger partial charge is 0.338 e. The van der Waals surface area contributed by atoms with Crippen LogP contribution in [0.1, 0.15) is 50.6 Å². The Hall–Kier alpha value is -4.77. The van der Waals surface area contributed by atoms with Gasteiger partial charge in [0.25, 0.3) is 11.2 Å². The number of aromatic nitrogens is 1. The number of nitro benzene ring substituents is 1. The summed E-state index contributed by atoms with van der Waals surface area (Å²) in [5, 5.41) is 11.1. The summed E-state index contributed by atoms with van der Waals surface area (Å²) in [5.74, 6) is 1.09. The molecule has 10 nitrogen and oxygen atoms in total. The van der Waals surface area contributed by atoms with Crippen LogP contribution >= 0.6 is 11.3 Å². The van der Waals surface area contributed by atoms with E-state index < -0.39 is 16.9 Å². The molecular weight excluding hydrogens is 558 g/mol. The molecule has 0 aliphatic carbocycles. The molecule has 0 fully saturated rings. The van der Waals surface area contributed by atoms with E-state index in [1.807, 2.05) is 38.1 Å². The fraction of sp³-hybridized carbons (Fsp3) is 0.258. The van der Waals surface area contributed by atoms with Gasteiger partial charge in [0.05, 0.1) is 39.5 Å². The number of carbonyl (C=O) groups excluding carboxylic acids is 1. The lowest BCUT2D eigenvalue weighted by Gasteiger charge is -2.25. The van der Waals surface area contributed by atoms with Gasteiger partial charge in [-0.3, -0.25) is 19.5 Å². The molecule has 0 radical (unpaired) electrons. The number of nitro groups is 1. The summed E-state index contributed by atoms with van der Waals surface area (Å²) in [6, 6.07) is 14.6. The zero-order chi connectivity index (χ0) is 30.1. The van der Waals surface area contributed by atoms with Gasteiger partial charge in [-0.2, -0.15) is 0 Å². The Balaban J connectivity index is 1.59. The fourth-order valence-corrected chi connectivity index (χ4v) is 5.88. The number of rotatable bonds is 8. The van der Waals surface area contributed by atoms with Gasteiger partial charge in [0.2, 0.25) is 0 Å². The molecule has 4 aromatic rings. The van der Waals surface area contributed by atoms with Crippen molar-refractivity contribution in [2.45, 2.75) is 46.8 Å². The van der Waals surface area contributed by atoms with Crippen LogP contribution in [0, 0.1) is 17.0 Å². The van der Waals surface area contributed by atoms with E-state index in [1.54, 1.807) is 45.0 Å². The number of allylic oxidation sites excluding steroid dienone is 1. The third-order valence-corrected chi connectivity index (χ3v) is 7.65. The summed E-state index contributed by atoms with van der Waals surface area (Å²) in [6.07, 6.45) is 1.63. The Labute approximate surface area is 245 Å². The largest absolute Gasteiger partial charge is 0.491 e. The van der Waals surface area contributed by atoms with Gasteiger partial charge < -0.3 is 13.9 Å². The minimum atomic E-state index is -0.745. The minimum Gasteiger partial charge on any atom is -0.491 e. The first-order valence-electron chi connectivity index (χ1n) is 13.4. The van der Waals surface area contributed by atoms with Gasteiger partial charge in [-0.25, -0.2) is 9.79 Å². The van der Waals surface area contributed by atoms with E-state index in [9.17, 15) is 19.7 Å². The molecule has 11 heteroatoms. The Morgan fingerprint density at radius 2 is 1.90 bits per heavy atom. The van der Waals surface area contributed by atoms with E-state index in [1.165, 1.54) is 28.0 Å². The van der Waals surface area contributed by atoms with E-state index >= 15 is 0 Å². The first-order chi connectivity index (χ1) is 20.1. The number of hydrogen-bond donors (Lipinski definition) is 0. The van der Waals surface area contributed by atoms with Gasteiger partial charge >= 0.3 is 5.97 Å². The molecule has 1 aliphatic rings. The zero-order valence-electron chi connectivity index (χ0n) is 23.7. The van der Waals surface area contributed by atoms with E-state index in [4.69, 9.17) is 13.9 Å². The zero-order valence-corrected chi connectivity index (χ0v) is 24.6. The van der Waals surface area contributed by atoms with Crippen molar-refractivity contribution in [1.29, 1.82) is 0 Å². The molecule has 0 saturated heterocycles. The number of ether oxygens (including phenoxy) is 2. The molecule has 3 heterocycles. The predicted molar refractivity (Wildman–Crippen MR) is 158 cm³/mol. The number of nitrogens with zero attached hydrogens (tertiary/aromatic N) is 3. The number of furan rings is 1. The number of aryl methyl sites for hydroxylation is 1. The Kier molecular flexibility index (Phi) is 7.95. The van der Waals surface area contributed by atoms with Crippen molar-refractivity contribution in [2.75, 3.05) is 6.61 Å². The minimum absolute atomic E-state index is 0.00161. The van der Waals surface area contributed by atoms with Crippen LogP contribution in [0.2, 0.25) is 0 Å². The summed E-state index contributed by atoms with van der Waals surface area (Å²) in [5.41, 5.74) is 2.55. The molecule has 0 saturated carbocycles. The van der Waals surface area contributed by atoms with E-state index in [0.717, 1.165) is 0 Å². The molecule has 0 unspecified atom stereocenters. The van der Waals surface area contributed by atoms with Gasteiger partial charge in [-0.1, -0.05) is 23.5 Å². The number of thiazole rings is 1. The normalized spacial score (nSPS) is 15.0. The summed E-state index contributed by atoms with van der Waals surface area (Å²) >= 11 is 1.19. The highest BCUT2D eigenvalue weighted by Gasteiger charge is 2.33. The lowest BCUT2D eigenvalue weighted by atomic mass is 9.96. The third kappa shape index (κ3) is 5.55. The summed E-state index contributed by atoms with van der Waals surface area (Å²) < 4.78 is 19.0. The Bertz CT molecular complexity index is 1900. The van der Waals surface area contributed by atoms with E-state index in [-0.39, 0.29) is 24.0 Å². The summed E-state index contributed by atoms with van der Waals surface area (Å²) in [7, 11) is 0. The van der Waals surface area contributed by atoms with Crippen molar-refractivity contribution in [3.05, 3.63) is 113 Å². The van der Waals surface area contributed by atoms with E-state index in [2.05, 4.69) is 4.99 Å². The quantitative estimate of drug-likeness (QED) is 0.160. The maximum atomic E-state index is 13.9. The van der Waals surface area contributed by atoms with Crippen molar-refractivity contribution in [3.8, 4) is 17.1 Å². The van der Waals surface area contributed by atoms with Gasteiger partial charge in [0.15, 0.2) is 4.80 Å². The number of non-ortho nitro benzene ring substituents is 1. The first kappa shape index (κ1) is 28.7.